The zero-order chi connectivity index (χ0) is 21.8. The van der Waals surface area contributed by atoms with Crippen LogP contribution in [0.2, 0.25) is 5.02 Å². The Morgan fingerprint density at radius 3 is 2.60 bits per heavy atom. The van der Waals surface area contributed by atoms with E-state index in [-0.39, 0.29) is 24.1 Å². The van der Waals surface area contributed by atoms with Gasteiger partial charge in [-0.2, -0.15) is 0 Å². The topological polar surface area (TPSA) is 98.1 Å². The number of carbonyl (C=O) groups excluding carboxylic acids is 2. The highest BCUT2D eigenvalue weighted by Gasteiger charge is 2.19. The molecule has 0 aliphatic rings. The van der Waals surface area contributed by atoms with Gasteiger partial charge in [0, 0.05) is 11.4 Å². The lowest BCUT2D eigenvalue weighted by molar-refractivity contribution is -0.117. The first-order valence-electron chi connectivity index (χ1n) is 9.21. The minimum atomic E-state index is -0.380. The van der Waals surface area contributed by atoms with Gasteiger partial charge in [-0.25, -0.2) is 4.68 Å². The summed E-state index contributed by atoms with van der Waals surface area (Å²) in [5.74, 6) is -0.193. The number of nitrogens with zero attached hydrogens (tertiary/aromatic N) is 3. The van der Waals surface area contributed by atoms with Crippen LogP contribution in [0.4, 0.5) is 11.4 Å². The maximum atomic E-state index is 12.6. The van der Waals surface area contributed by atoms with Gasteiger partial charge >= 0.3 is 0 Å². The number of anilines is 2. The summed E-state index contributed by atoms with van der Waals surface area (Å²) >= 11 is 6.08. The monoisotopic (exact) mass is 427 g/mol. The molecule has 0 saturated heterocycles. The van der Waals surface area contributed by atoms with Crippen molar-refractivity contribution in [2.75, 3.05) is 17.7 Å². The van der Waals surface area contributed by atoms with E-state index in [4.69, 9.17) is 16.3 Å². The second kappa shape index (κ2) is 8.96. The summed E-state index contributed by atoms with van der Waals surface area (Å²) in [6, 6.07) is 10.6. The van der Waals surface area contributed by atoms with Gasteiger partial charge in [0.2, 0.25) is 5.91 Å². The fraction of sp³-hybridized carbons (Fsp3) is 0.238. The summed E-state index contributed by atoms with van der Waals surface area (Å²) in [5, 5.41) is 13.9. The molecular weight excluding hydrogens is 406 g/mol. The van der Waals surface area contributed by atoms with Gasteiger partial charge in [-0.1, -0.05) is 28.9 Å². The number of aryl methyl sites for hydroxylation is 1. The Balaban J connectivity index is 1.68. The molecule has 0 bridgehead atoms. The van der Waals surface area contributed by atoms with Crippen LogP contribution in [0.3, 0.4) is 0 Å². The number of nitrogens with one attached hydrogen (secondary N) is 2. The van der Waals surface area contributed by atoms with E-state index >= 15 is 0 Å². The van der Waals surface area contributed by atoms with Crippen molar-refractivity contribution in [1.29, 1.82) is 0 Å². The summed E-state index contributed by atoms with van der Waals surface area (Å²) in [4.78, 5) is 25.0. The van der Waals surface area contributed by atoms with Crippen molar-refractivity contribution >= 4 is 34.8 Å². The summed E-state index contributed by atoms with van der Waals surface area (Å²) in [5.41, 5.74) is 3.94. The highest BCUT2D eigenvalue weighted by atomic mass is 35.5. The molecule has 3 aromatic rings. The number of hydrogen-bond donors (Lipinski definition) is 2. The van der Waals surface area contributed by atoms with E-state index in [1.807, 2.05) is 32.0 Å². The molecule has 0 aliphatic carbocycles. The molecule has 1 heterocycles. The first-order chi connectivity index (χ1) is 14.3. The van der Waals surface area contributed by atoms with E-state index in [1.165, 1.54) is 11.8 Å². The molecule has 0 atom stereocenters. The lowest BCUT2D eigenvalue weighted by Crippen LogP contribution is -2.21. The fourth-order valence-electron chi connectivity index (χ4n) is 2.87. The van der Waals surface area contributed by atoms with E-state index < -0.39 is 0 Å². The maximum absolute atomic E-state index is 12.6. The Morgan fingerprint density at radius 2 is 1.90 bits per heavy atom. The van der Waals surface area contributed by atoms with Crippen LogP contribution in [0.15, 0.2) is 36.4 Å². The Morgan fingerprint density at radius 1 is 1.13 bits per heavy atom. The molecule has 0 radical (unpaired) electrons. The second-order valence-corrected chi connectivity index (χ2v) is 7.19. The van der Waals surface area contributed by atoms with Crippen LogP contribution in [-0.2, 0) is 11.3 Å². The number of amides is 2. The van der Waals surface area contributed by atoms with Crippen molar-refractivity contribution in [2.45, 2.75) is 27.3 Å². The molecule has 0 saturated carbocycles. The second-order valence-electron chi connectivity index (χ2n) is 6.78. The molecule has 0 unspecified atom stereocenters. The van der Waals surface area contributed by atoms with Crippen LogP contribution in [0, 0.1) is 20.8 Å². The van der Waals surface area contributed by atoms with Crippen molar-refractivity contribution in [3.63, 3.8) is 0 Å². The predicted octanol–water partition coefficient (Wildman–Crippen LogP) is 3.76. The quantitative estimate of drug-likeness (QED) is 0.624. The number of benzene rings is 2. The normalized spacial score (nSPS) is 10.6. The van der Waals surface area contributed by atoms with Gasteiger partial charge in [0.15, 0.2) is 5.69 Å². The minimum Gasteiger partial charge on any atom is -0.495 e. The predicted molar refractivity (Wildman–Crippen MR) is 115 cm³/mol. The molecular formula is C21H22ClN5O3. The summed E-state index contributed by atoms with van der Waals surface area (Å²) in [6.07, 6.45) is 0. The maximum Gasteiger partial charge on any atom is 0.278 e. The fourth-order valence-corrected chi connectivity index (χ4v) is 3.13. The van der Waals surface area contributed by atoms with Crippen LogP contribution < -0.4 is 15.4 Å². The molecule has 2 N–H and O–H groups in total. The molecule has 0 spiro atoms. The molecule has 30 heavy (non-hydrogen) atoms. The Labute approximate surface area is 179 Å². The third-order valence-electron chi connectivity index (χ3n) is 4.78. The third kappa shape index (κ3) is 4.60. The Kier molecular flexibility index (Phi) is 6.37. The SMILES string of the molecule is COc1ccc(NC(=O)Cn2nnc(C(=O)Nc3cccc(C)c3C)c2C)cc1Cl. The molecule has 9 heteroatoms. The zero-order valence-corrected chi connectivity index (χ0v) is 17.9. The summed E-state index contributed by atoms with van der Waals surface area (Å²) < 4.78 is 6.47. The Bertz CT molecular complexity index is 1110. The first-order valence-corrected chi connectivity index (χ1v) is 9.59. The molecule has 2 amide bonds. The van der Waals surface area contributed by atoms with Gasteiger partial charge in [-0.15, -0.1) is 5.10 Å². The number of hydrogen-bond acceptors (Lipinski definition) is 5. The van der Waals surface area contributed by atoms with E-state index in [0.29, 0.717) is 27.8 Å². The number of rotatable bonds is 6. The van der Waals surface area contributed by atoms with Crippen LogP contribution in [0.25, 0.3) is 0 Å². The third-order valence-corrected chi connectivity index (χ3v) is 5.07. The number of ether oxygens (including phenoxy) is 1. The van der Waals surface area contributed by atoms with Crippen LogP contribution >= 0.6 is 11.6 Å². The van der Waals surface area contributed by atoms with E-state index in [2.05, 4.69) is 20.9 Å². The average Bonchev–Trinajstić information content (AvgIpc) is 3.06. The number of aromatic nitrogens is 3. The molecule has 1 aromatic heterocycles. The van der Waals surface area contributed by atoms with Gasteiger partial charge in [0.05, 0.1) is 17.8 Å². The Hall–Kier alpha value is -3.39. The summed E-state index contributed by atoms with van der Waals surface area (Å²) in [7, 11) is 1.51. The van der Waals surface area contributed by atoms with Gasteiger partial charge in [-0.05, 0) is 56.2 Å². The highest BCUT2D eigenvalue weighted by molar-refractivity contribution is 6.32. The van der Waals surface area contributed by atoms with Crippen LogP contribution in [0.1, 0.15) is 27.3 Å². The minimum absolute atomic E-state index is 0.0980. The highest BCUT2D eigenvalue weighted by Crippen LogP contribution is 2.27. The lowest BCUT2D eigenvalue weighted by Gasteiger charge is -2.10. The van der Waals surface area contributed by atoms with Crippen molar-refractivity contribution < 1.29 is 14.3 Å². The number of halogens is 1. The molecule has 8 nitrogen and oxygen atoms in total. The van der Waals surface area contributed by atoms with Crippen molar-refractivity contribution in [3.05, 3.63) is 63.9 Å². The van der Waals surface area contributed by atoms with Crippen LogP contribution in [0.5, 0.6) is 5.75 Å². The molecule has 0 fully saturated rings. The zero-order valence-electron chi connectivity index (χ0n) is 17.1. The van der Waals surface area contributed by atoms with E-state index in [0.717, 1.165) is 11.1 Å². The molecule has 0 aliphatic heterocycles. The number of methoxy groups -OCH3 is 1. The smallest absolute Gasteiger partial charge is 0.278 e. The lowest BCUT2D eigenvalue weighted by atomic mass is 10.1. The van der Waals surface area contributed by atoms with Gasteiger partial charge in [0.1, 0.15) is 12.3 Å². The average molecular weight is 428 g/mol. The van der Waals surface area contributed by atoms with Gasteiger partial charge in [0.25, 0.3) is 5.91 Å². The molecule has 156 valence electrons. The molecule has 2 aromatic carbocycles. The van der Waals surface area contributed by atoms with Gasteiger partial charge in [-0.3, -0.25) is 9.59 Å². The van der Waals surface area contributed by atoms with Crippen LogP contribution in [-0.4, -0.2) is 33.9 Å². The van der Waals surface area contributed by atoms with E-state index in [1.54, 1.807) is 25.1 Å². The number of carbonyl (C=O) groups is 2. The summed E-state index contributed by atoms with van der Waals surface area (Å²) in [6.45, 7) is 5.50. The molecule has 3 rings (SSSR count). The van der Waals surface area contributed by atoms with E-state index in [9.17, 15) is 9.59 Å². The van der Waals surface area contributed by atoms with Gasteiger partial charge < -0.3 is 15.4 Å². The standard InChI is InChI=1S/C21H22ClN5O3/c1-12-6-5-7-17(13(12)2)24-21(29)20-14(3)27(26-25-20)11-19(28)23-15-8-9-18(30-4)16(22)10-15/h5-10H,11H2,1-4H3,(H,23,28)(H,24,29). The first kappa shape index (κ1) is 21.3. The van der Waals surface area contributed by atoms with Crippen molar-refractivity contribution in [1.82, 2.24) is 15.0 Å². The largest absolute Gasteiger partial charge is 0.495 e. The van der Waals surface area contributed by atoms with Crippen molar-refractivity contribution in [3.8, 4) is 5.75 Å². The van der Waals surface area contributed by atoms with Crippen molar-refractivity contribution in [2.24, 2.45) is 0 Å².